The first kappa shape index (κ1) is 18.9. The number of nitriles is 1. The molecule has 0 amide bonds. The molecular formula is C22H19ClN4O2. The number of aromatic nitrogens is 2. The molecule has 29 heavy (non-hydrogen) atoms. The lowest BCUT2D eigenvalue weighted by atomic mass is 9.83. The number of benzene rings is 2. The second kappa shape index (κ2) is 7.90. The highest BCUT2D eigenvalue weighted by molar-refractivity contribution is 6.30. The van der Waals surface area contributed by atoms with Crippen LogP contribution in [0.4, 0.5) is 0 Å². The van der Waals surface area contributed by atoms with Crippen LogP contribution in [0.1, 0.15) is 30.4 Å². The van der Waals surface area contributed by atoms with E-state index in [1.54, 1.807) is 12.1 Å². The van der Waals surface area contributed by atoms with Crippen molar-refractivity contribution in [3.05, 3.63) is 76.1 Å². The fourth-order valence-corrected chi connectivity index (χ4v) is 3.52. The van der Waals surface area contributed by atoms with Crippen LogP contribution in [0.25, 0.3) is 11.3 Å². The lowest BCUT2D eigenvalue weighted by molar-refractivity contribution is 0.317. The third-order valence-electron chi connectivity index (χ3n) is 4.76. The lowest BCUT2D eigenvalue weighted by Gasteiger charge is -2.24. The maximum absolute atomic E-state index is 9.75. The van der Waals surface area contributed by atoms with E-state index in [1.165, 1.54) is 0 Å². The molecule has 0 saturated carbocycles. The molecule has 0 aliphatic carbocycles. The third kappa shape index (κ3) is 3.53. The van der Waals surface area contributed by atoms with Gasteiger partial charge in [-0.2, -0.15) is 5.26 Å². The Labute approximate surface area is 173 Å². The van der Waals surface area contributed by atoms with Crippen LogP contribution in [0, 0.1) is 11.3 Å². The van der Waals surface area contributed by atoms with Gasteiger partial charge in [0.05, 0.1) is 23.8 Å². The molecule has 0 spiro atoms. The van der Waals surface area contributed by atoms with Gasteiger partial charge >= 0.3 is 0 Å². The molecule has 0 saturated heterocycles. The lowest BCUT2D eigenvalue weighted by Crippen LogP contribution is -2.20. The Balaban J connectivity index is 1.80. The van der Waals surface area contributed by atoms with Gasteiger partial charge < -0.3 is 15.2 Å². The van der Waals surface area contributed by atoms with E-state index in [0.717, 1.165) is 34.6 Å². The predicted molar refractivity (Wildman–Crippen MR) is 111 cm³/mol. The van der Waals surface area contributed by atoms with Gasteiger partial charge in [0.25, 0.3) is 0 Å². The third-order valence-corrected chi connectivity index (χ3v) is 5.01. The van der Waals surface area contributed by atoms with Crippen LogP contribution in [0.3, 0.4) is 0 Å². The number of H-pyrrole nitrogens is 1. The molecule has 0 bridgehead atoms. The second-order valence-electron chi connectivity index (χ2n) is 6.67. The van der Waals surface area contributed by atoms with Crippen LogP contribution in [0.5, 0.6) is 11.6 Å². The van der Waals surface area contributed by atoms with Gasteiger partial charge in [-0.3, -0.25) is 5.10 Å². The van der Waals surface area contributed by atoms with E-state index in [2.05, 4.69) is 23.2 Å². The predicted octanol–water partition coefficient (Wildman–Crippen LogP) is 4.74. The zero-order chi connectivity index (χ0) is 20.4. The second-order valence-corrected chi connectivity index (χ2v) is 7.10. The van der Waals surface area contributed by atoms with Crippen LogP contribution in [0.15, 0.2) is 60.0 Å². The average molecular weight is 407 g/mol. The number of halogens is 1. The van der Waals surface area contributed by atoms with E-state index >= 15 is 0 Å². The number of nitrogens with zero attached hydrogens (tertiary/aromatic N) is 2. The Hall–Kier alpha value is -3.43. The molecule has 2 aromatic carbocycles. The number of hydrogen-bond acceptors (Lipinski definition) is 5. The Bertz CT molecular complexity index is 1100. The largest absolute Gasteiger partial charge is 0.494 e. The first-order valence-electron chi connectivity index (χ1n) is 9.27. The van der Waals surface area contributed by atoms with E-state index in [4.69, 9.17) is 26.8 Å². The van der Waals surface area contributed by atoms with Crippen LogP contribution >= 0.6 is 11.6 Å². The summed E-state index contributed by atoms with van der Waals surface area (Å²) in [7, 11) is 0. The normalized spacial score (nSPS) is 15.4. The molecule has 7 heteroatoms. The zero-order valence-corrected chi connectivity index (χ0v) is 16.5. The highest BCUT2D eigenvalue weighted by atomic mass is 35.5. The number of allylic oxidation sites excluding steroid dienone is 1. The van der Waals surface area contributed by atoms with Gasteiger partial charge in [-0.15, -0.1) is 5.10 Å². The zero-order valence-electron chi connectivity index (χ0n) is 15.8. The molecular weight excluding hydrogens is 388 g/mol. The molecule has 0 radical (unpaired) electrons. The molecule has 2 heterocycles. The van der Waals surface area contributed by atoms with E-state index in [-0.39, 0.29) is 5.88 Å². The fraction of sp³-hybridized carbons (Fsp3) is 0.182. The number of fused-ring (bicyclic) bond motifs is 1. The molecule has 1 atom stereocenters. The summed E-state index contributed by atoms with van der Waals surface area (Å²) in [5, 5.41) is 17.7. The van der Waals surface area contributed by atoms with Crippen molar-refractivity contribution in [3.63, 3.8) is 0 Å². The summed E-state index contributed by atoms with van der Waals surface area (Å²) in [6, 6.07) is 17.3. The molecule has 146 valence electrons. The van der Waals surface area contributed by atoms with Crippen LogP contribution in [-0.2, 0) is 0 Å². The van der Waals surface area contributed by atoms with E-state index in [1.807, 2.05) is 36.4 Å². The van der Waals surface area contributed by atoms with Crippen molar-refractivity contribution in [3.8, 4) is 29.0 Å². The molecule has 0 unspecified atom stereocenters. The van der Waals surface area contributed by atoms with E-state index in [9.17, 15) is 5.26 Å². The first-order chi connectivity index (χ1) is 14.1. The summed E-state index contributed by atoms with van der Waals surface area (Å²) in [6.07, 6.45) is 0.945. The summed E-state index contributed by atoms with van der Waals surface area (Å²) in [5.41, 5.74) is 9.67. The van der Waals surface area contributed by atoms with Gasteiger partial charge in [0, 0.05) is 10.6 Å². The van der Waals surface area contributed by atoms with Gasteiger partial charge in [-0.25, -0.2) is 0 Å². The highest BCUT2D eigenvalue weighted by Crippen LogP contribution is 2.45. The van der Waals surface area contributed by atoms with Crippen LogP contribution in [-0.4, -0.2) is 16.8 Å². The number of aromatic amines is 1. The SMILES string of the molecule is CCCOc1ccc(-c2[nH]nc3c2[C@H](c2ccc(Cl)cc2)C(C#N)=C(N)O3)cc1. The topological polar surface area (TPSA) is 97.0 Å². The van der Waals surface area contributed by atoms with Crippen LogP contribution in [0.2, 0.25) is 5.02 Å². The summed E-state index contributed by atoms with van der Waals surface area (Å²) in [6.45, 7) is 2.73. The summed E-state index contributed by atoms with van der Waals surface area (Å²) >= 11 is 6.05. The van der Waals surface area contributed by atoms with E-state index in [0.29, 0.717) is 23.1 Å². The Morgan fingerprint density at radius 3 is 2.59 bits per heavy atom. The molecule has 4 rings (SSSR count). The standard InChI is InChI=1S/C22H19ClN4O2/c1-2-11-28-16-9-5-14(6-10-16)20-19-18(13-3-7-15(23)8-4-13)17(12-24)21(25)29-22(19)27-26-20/h3-10,18H,2,11,25H2,1H3,(H,26,27)/t18-/m1/s1. The minimum absolute atomic E-state index is 0.0568. The minimum atomic E-state index is -0.411. The van der Waals surface area contributed by atoms with Crippen molar-refractivity contribution >= 4 is 11.6 Å². The molecule has 6 nitrogen and oxygen atoms in total. The number of rotatable bonds is 5. The number of ether oxygens (including phenoxy) is 2. The van der Waals surface area contributed by atoms with Crippen molar-refractivity contribution in [2.45, 2.75) is 19.3 Å². The fourth-order valence-electron chi connectivity index (χ4n) is 3.39. The van der Waals surface area contributed by atoms with Crippen molar-refractivity contribution in [1.29, 1.82) is 5.26 Å². The highest BCUT2D eigenvalue weighted by Gasteiger charge is 2.35. The Kier molecular flexibility index (Phi) is 5.15. The number of hydrogen-bond donors (Lipinski definition) is 2. The quantitative estimate of drug-likeness (QED) is 0.638. The van der Waals surface area contributed by atoms with Crippen molar-refractivity contribution < 1.29 is 9.47 Å². The molecule has 1 aliphatic rings. The summed E-state index contributed by atoms with van der Waals surface area (Å²) in [4.78, 5) is 0. The van der Waals surface area contributed by atoms with Crippen molar-refractivity contribution in [1.82, 2.24) is 10.2 Å². The summed E-state index contributed by atoms with van der Waals surface area (Å²) in [5.74, 6) is 0.811. The van der Waals surface area contributed by atoms with Crippen molar-refractivity contribution in [2.75, 3.05) is 6.61 Å². The van der Waals surface area contributed by atoms with Gasteiger partial charge in [0.1, 0.15) is 17.4 Å². The monoisotopic (exact) mass is 406 g/mol. The van der Waals surface area contributed by atoms with Gasteiger partial charge in [0.2, 0.25) is 11.8 Å². The maximum Gasteiger partial charge on any atom is 0.244 e. The molecule has 3 aromatic rings. The molecule has 0 fully saturated rings. The molecule has 3 N–H and O–H groups in total. The van der Waals surface area contributed by atoms with Crippen LogP contribution < -0.4 is 15.2 Å². The van der Waals surface area contributed by atoms with Gasteiger partial charge in [0.15, 0.2) is 0 Å². The average Bonchev–Trinajstić information content (AvgIpc) is 3.15. The number of nitrogens with two attached hydrogens (primary N) is 1. The molecule has 1 aliphatic heterocycles. The molecule has 1 aromatic heterocycles. The van der Waals surface area contributed by atoms with E-state index < -0.39 is 5.92 Å². The summed E-state index contributed by atoms with van der Waals surface area (Å²) < 4.78 is 11.3. The number of nitrogens with one attached hydrogen (secondary N) is 1. The van der Waals surface area contributed by atoms with Crippen molar-refractivity contribution in [2.24, 2.45) is 5.73 Å². The van der Waals surface area contributed by atoms with Gasteiger partial charge in [-0.05, 0) is 48.4 Å². The minimum Gasteiger partial charge on any atom is -0.494 e. The maximum atomic E-state index is 9.75. The Morgan fingerprint density at radius 2 is 1.93 bits per heavy atom. The Morgan fingerprint density at radius 1 is 1.21 bits per heavy atom. The first-order valence-corrected chi connectivity index (χ1v) is 9.64. The van der Waals surface area contributed by atoms with Gasteiger partial charge in [-0.1, -0.05) is 30.7 Å². The smallest absolute Gasteiger partial charge is 0.244 e.